The second-order valence-electron chi connectivity index (χ2n) is 7.24. The average Bonchev–Trinajstić information content (AvgIpc) is 2.56. The van der Waals surface area contributed by atoms with Gasteiger partial charge >= 0.3 is 0 Å². The number of alkyl halides is 2. The van der Waals surface area contributed by atoms with Crippen molar-refractivity contribution >= 4 is 29.1 Å². The summed E-state index contributed by atoms with van der Waals surface area (Å²) in [5, 5.41) is 19.4. The smallest absolute Gasteiger partial charge is 0.242 e. The second kappa shape index (κ2) is 8.52. The van der Waals surface area contributed by atoms with Crippen molar-refractivity contribution in [2.24, 2.45) is 23.3 Å². The molecule has 0 aromatic rings. The lowest BCUT2D eigenvalue weighted by molar-refractivity contribution is -0.136. The number of aliphatic hydroxyl groups excluding tert-OH is 2. The van der Waals surface area contributed by atoms with Gasteiger partial charge in [0.2, 0.25) is 5.91 Å². The van der Waals surface area contributed by atoms with Crippen LogP contribution in [-0.2, 0) is 4.79 Å². The Balaban J connectivity index is 1.88. The Bertz CT molecular complexity index is 433. The highest BCUT2D eigenvalue weighted by Crippen LogP contribution is 2.36. The van der Waals surface area contributed by atoms with Gasteiger partial charge in [-0.05, 0) is 38.5 Å². The minimum atomic E-state index is -0.881. The molecule has 1 saturated carbocycles. The summed E-state index contributed by atoms with van der Waals surface area (Å²) in [5.41, 5.74) is 12.1. The van der Waals surface area contributed by atoms with E-state index in [0.29, 0.717) is 25.9 Å². The van der Waals surface area contributed by atoms with Gasteiger partial charge in [-0.1, -0.05) is 0 Å². The molecule has 4 unspecified atom stereocenters. The van der Waals surface area contributed by atoms with Gasteiger partial charge in [-0.2, -0.15) is 0 Å². The fourth-order valence-corrected chi connectivity index (χ4v) is 4.40. The maximum Gasteiger partial charge on any atom is 0.242 e. The number of nitrogens with zero attached hydrogens (tertiary/aromatic N) is 1. The Morgan fingerprint density at radius 3 is 2.25 bits per heavy atom. The molecule has 0 bridgehead atoms. The number of rotatable bonds is 4. The molecule has 140 valence electrons. The largest absolute Gasteiger partial charge is 0.393 e. The number of carbonyl (C=O) groups excluding carboxylic acids is 1. The molecule has 6 nitrogen and oxygen atoms in total. The van der Waals surface area contributed by atoms with E-state index >= 15 is 0 Å². The van der Waals surface area contributed by atoms with Crippen LogP contribution in [0.5, 0.6) is 0 Å². The highest BCUT2D eigenvalue weighted by Gasteiger charge is 2.41. The molecule has 0 radical (unpaired) electrons. The van der Waals surface area contributed by atoms with Crippen molar-refractivity contribution in [1.82, 2.24) is 4.90 Å². The van der Waals surface area contributed by atoms with E-state index < -0.39 is 18.2 Å². The number of amides is 1. The zero-order valence-electron chi connectivity index (χ0n) is 14.0. The molecule has 0 aromatic heterocycles. The number of hydrogen-bond acceptors (Lipinski definition) is 5. The van der Waals surface area contributed by atoms with E-state index in [4.69, 9.17) is 34.7 Å². The van der Waals surface area contributed by atoms with Crippen LogP contribution in [-0.4, -0.2) is 69.2 Å². The molecule has 1 saturated heterocycles. The lowest BCUT2D eigenvalue weighted by Gasteiger charge is -2.42. The zero-order valence-corrected chi connectivity index (χ0v) is 15.5. The maximum absolute atomic E-state index is 12.2. The summed E-state index contributed by atoms with van der Waals surface area (Å²) in [6.45, 7) is 2.66. The SMILES string of the molecule is C[C@H](O)[C@@H](N)C(=O)N1CCC([C@@H](N)C2CC(Cl)C(Cl)CC2O)CC1. The van der Waals surface area contributed by atoms with E-state index in [1.165, 1.54) is 6.92 Å². The number of halogens is 2. The van der Waals surface area contributed by atoms with E-state index in [1.807, 2.05) is 0 Å². The van der Waals surface area contributed by atoms with Crippen LogP contribution in [0.15, 0.2) is 0 Å². The Morgan fingerprint density at radius 2 is 1.71 bits per heavy atom. The van der Waals surface area contributed by atoms with Gasteiger partial charge in [0.25, 0.3) is 0 Å². The fourth-order valence-electron chi connectivity index (χ4n) is 3.80. The van der Waals surface area contributed by atoms with E-state index in [0.717, 1.165) is 12.8 Å². The van der Waals surface area contributed by atoms with Gasteiger partial charge in [-0.15, -0.1) is 23.2 Å². The third kappa shape index (κ3) is 4.54. The van der Waals surface area contributed by atoms with Crippen molar-refractivity contribution in [1.29, 1.82) is 0 Å². The highest BCUT2D eigenvalue weighted by molar-refractivity contribution is 6.30. The first-order valence-corrected chi connectivity index (χ1v) is 9.53. The van der Waals surface area contributed by atoms with Crippen molar-refractivity contribution in [3.05, 3.63) is 0 Å². The third-order valence-corrected chi connectivity index (χ3v) is 6.64. The predicted molar refractivity (Wildman–Crippen MR) is 94.9 cm³/mol. The quantitative estimate of drug-likeness (QED) is 0.521. The summed E-state index contributed by atoms with van der Waals surface area (Å²) >= 11 is 12.4. The molecule has 6 N–H and O–H groups in total. The summed E-state index contributed by atoms with van der Waals surface area (Å²) in [7, 11) is 0. The third-order valence-electron chi connectivity index (χ3n) is 5.55. The van der Waals surface area contributed by atoms with Crippen molar-refractivity contribution < 1.29 is 15.0 Å². The average molecular weight is 382 g/mol. The summed E-state index contributed by atoms with van der Waals surface area (Å²) < 4.78 is 0. The van der Waals surface area contributed by atoms with Crippen LogP contribution in [0.3, 0.4) is 0 Å². The summed E-state index contributed by atoms with van der Waals surface area (Å²) in [4.78, 5) is 13.9. The van der Waals surface area contributed by atoms with Crippen molar-refractivity contribution in [2.45, 2.75) is 67.7 Å². The van der Waals surface area contributed by atoms with E-state index in [2.05, 4.69) is 0 Å². The minimum absolute atomic E-state index is 0.0607. The Labute approximate surface area is 153 Å². The summed E-state index contributed by atoms with van der Waals surface area (Å²) in [6.07, 6.45) is 1.22. The van der Waals surface area contributed by atoms with E-state index in [9.17, 15) is 15.0 Å². The minimum Gasteiger partial charge on any atom is -0.393 e. The molecule has 7 atom stereocenters. The number of piperidine rings is 1. The molecule has 24 heavy (non-hydrogen) atoms. The molecule has 1 aliphatic heterocycles. The van der Waals surface area contributed by atoms with Gasteiger partial charge < -0.3 is 26.6 Å². The topological polar surface area (TPSA) is 113 Å². The molecule has 0 spiro atoms. The van der Waals surface area contributed by atoms with Gasteiger partial charge in [0.1, 0.15) is 6.04 Å². The van der Waals surface area contributed by atoms with Crippen molar-refractivity contribution in [3.8, 4) is 0 Å². The van der Waals surface area contributed by atoms with Gasteiger partial charge in [0.15, 0.2) is 0 Å². The predicted octanol–water partition coefficient (Wildman–Crippen LogP) is 0.246. The van der Waals surface area contributed by atoms with Crippen LogP contribution >= 0.6 is 23.2 Å². The molecule has 0 aromatic carbocycles. The normalized spacial score (nSPS) is 36.2. The number of hydrogen-bond donors (Lipinski definition) is 4. The van der Waals surface area contributed by atoms with Crippen LogP contribution in [0.25, 0.3) is 0 Å². The van der Waals surface area contributed by atoms with Gasteiger partial charge in [0.05, 0.1) is 23.0 Å². The van der Waals surface area contributed by atoms with Crippen LogP contribution in [0.1, 0.15) is 32.6 Å². The number of carbonyl (C=O) groups is 1. The summed E-state index contributed by atoms with van der Waals surface area (Å²) in [6, 6.07) is -1.04. The van der Waals surface area contributed by atoms with Crippen LogP contribution in [0.4, 0.5) is 0 Å². The number of nitrogens with two attached hydrogens (primary N) is 2. The van der Waals surface area contributed by atoms with Crippen LogP contribution in [0.2, 0.25) is 0 Å². The van der Waals surface area contributed by atoms with Gasteiger partial charge in [0, 0.05) is 25.0 Å². The van der Waals surface area contributed by atoms with Gasteiger partial charge in [-0.25, -0.2) is 0 Å². The Morgan fingerprint density at radius 1 is 1.17 bits per heavy atom. The zero-order chi connectivity index (χ0) is 18.0. The molecule has 1 aliphatic carbocycles. The molecule has 1 amide bonds. The van der Waals surface area contributed by atoms with E-state index in [-0.39, 0.29) is 34.5 Å². The lowest BCUT2D eigenvalue weighted by atomic mass is 9.74. The van der Waals surface area contributed by atoms with Crippen molar-refractivity contribution in [3.63, 3.8) is 0 Å². The standard InChI is InChI=1S/C16H29Cl2N3O3/c1-8(22)14(19)16(24)21-4-2-9(3-5-21)15(20)10-6-11(17)12(18)7-13(10)23/h8-15,22-23H,2-7,19-20H2,1H3/t8-,10?,11?,12?,13?,14+,15+/m0/s1. The fraction of sp³-hybridized carbons (Fsp3) is 0.938. The Kier molecular flexibility index (Phi) is 7.17. The molecule has 8 heteroatoms. The molecular weight excluding hydrogens is 353 g/mol. The Hall–Kier alpha value is -0.110. The maximum atomic E-state index is 12.2. The highest BCUT2D eigenvalue weighted by atomic mass is 35.5. The number of aliphatic hydroxyl groups is 2. The molecule has 2 rings (SSSR count). The van der Waals surface area contributed by atoms with Crippen molar-refractivity contribution in [2.75, 3.05) is 13.1 Å². The summed E-state index contributed by atoms with van der Waals surface area (Å²) in [5.74, 6) is -0.0535. The van der Waals surface area contributed by atoms with Crippen LogP contribution < -0.4 is 11.5 Å². The number of likely N-dealkylation sites (tertiary alicyclic amines) is 1. The second-order valence-corrected chi connectivity index (χ2v) is 8.36. The first-order chi connectivity index (χ1) is 11.2. The first kappa shape index (κ1) is 20.2. The molecular formula is C16H29Cl2N3O3. The van der Waals surface area contributed by atoms with Gasteiger partial charge in [-0.3, -0.25) is 4.79 Å². The molecule has 1 heterocycles. The van der Waals surface area contributed by atoms with E-state index in [1.54, 1.807) is 4.90 Å². The molecule has 2 fully saturated rings. The van der Waals surface area contributed by atoms with Crippen LogP contribution in [0, 0.1) is 11.8 Å². The molecule has 2 aliphatic rings. The first-order valence-electron chi connectivity index (χ1n) is 8.66. The lowest BCUT2D eigenvalue weighted by Crippen LogP contribution is -2.54. The monoisotopic (exact) mass is 381 g/mol.